The number of carbonyl (C=O) groups excluding carboxylic acids is 3. The van der Waals surface area contributed by atoms with Crippen molar-refractivity contribution in [2.24, 2.45) is 5.92 Å². The van der Waals surface area contributed by atoms with Gasteiger partial charge in [-0.15, -0.1) is 21.5 Å². The molecular weight excluding hydrogens is 1600 g/mol. The number of amides is 3. The standard InChI is InChI=1S/C33H36N4O5S2.C29H40N4O6S.C27H35N7O3/c1-4-35-15-17-36(18-16-35)28-11-6-10-26-27(28)22-37(33(26)38)32(24-13-14-29(41-2)30(21-24)42-3)23-8-5-9-25(20-23)34-44(39,40)31-12-7-19-43-31;1-4-30-14-16-31(17-15-30)25-7-5-6-23-24(25)20-33(29(23)34)26(22-8-9-27(38-2)28(19-22)39-3)18-21-10-12-32(13-11-21)40(35,36)37;1-4-31-13-15-32(16-14-31)24-8-5-7-21-22(24)18-33(27(21)35)23(9-6-12-34-29-19-28-30-34)20-10-11-25(36-2)26(17-20)37-3/h5-14,19-21,32,34H,4,15-18,22H2,1-3H3;5-9,19,21,26H,4,10-18,20H2,1-3H3,(H,35,36,37);5,7-8,10-11,17,19,23H,4,6,9,12-16,18H2,1-3H3/t;;23-/m..1/s1. The Morgan fingerprint density at radius 2 is 0.893 bits per heavy atom. The number of hydrogen-bond donors (Lipinski definition) is 2. The molecule has 0 radical (unpaired) electrons. The predicted molar refractivity (Wildman–Crippen MR) is 467 cm³/mol. The maximum atomic E-state index is 14.2. The van der Waals surface area contributed by atoms with Gasteiger partial charge in [-0.25, -0.2) is 8.42 Å². The van der Waals surface area contributed by atoms with E-state index in [4.69, 9.17) is 28.4 Å². The van der Waals surface area contributed by atoms with E-state index in [-0.39, 0.29) is 53.0 Å². The van der Waals surface area contributed by atoms with Crippen LogP contribution in [0.1, 0.15) is 141 Å². The number of nitrogens with one attached hydrogen (secondary N) is 1. The van der Waals surface area contributed by atoms with Crippen molar-refractivity contribution in [1.29, 1.82) is 0 Å². The number of piperazine rings is 3. The number of rotatable bonds is 29. The van der Waals surface area contributed by atoms with E-state index in [9.17, 15) is 35.8 Å². The number of tetrazole rings is 1. The van der Waals surface area contributed by atoms with E-state index in [1.165, 1.54) is 12.0 Å². The van der Waals surface area contributed by atoms with E-state index in [0.717, 1.165) is 188 Å². The minimum Gasteiger partial charge on any atom is -0.493 e. The van der Waals surface area contributed by atoms with E-state index in [0.29, 0.717) is 91.2 Å². The number of fused-ring (bicyclic) bond motifs is 3. The van der Waals surface area contributed by atoms with Gasteiger partial charge in [0.2, 0.25) is 0 Å². The first-order valence-electron chi connectivity index (χ1n) is 41.6. The molecule has 7 aromatic carbocycles. The molecule has 0 spiro atoms. The zero-order valence-corrected chi connectivity index (χ0v) is 72.9. The third kappa shape index (κ3) is 19.4. The Kier molecular flexibility index (Phi) is 28.0. The van der Waals surface area contributed by atoms with Crippen LogP contribution in [0.15, 0.2) is 162 Å². The molecule has 2 aromatic heterocycles. The van der Waals surface area contributed by atoms with Gasteiger partial charge in [0.15, 0.2) is 40.8 Å². The number of nitrogens with zero attached hydrogens (tertiary/aromatic N) is 14. The molecule has 7 aliphatic rings. The average molecular weight is 1710 g/mol. The molecular formula is C89H111N15O14S3. The van der Waals surface area contributed by atoms with Crippen LogP contribution >= 0.6 is 11.3 Å². The first-order valence-corrected chi connectivity index (χ1v) is 45.4. The zero-order chi connectivity index (χ0) is 85.1. The number of thiophene rings is 1. The smallest absolute Gasteiger partial charge is 0.335 e. The molecule has 16 rings (SSSR count). The van der Waals surface area contributed by atoms with Crippen LogP contribution in [0.3, 0.4) is 0 Å². The minimum atomic E-state index is -4.20. The fraction of sp³-hybridized carbons (Fsp3) is 0.438. The van der Waals surface area contributed by atoms with Gasteiger partial charge in [-0.1, -0.05) is 75.4 Å². The summed E-state index contributed by atoms with van der Waals surface area (Å²) in [6.45, 7) is 24.1. The van der Waals surface area contributed by atoms with Crippen LogP contribution in [0.25, 0.3) is 0 Å². The van der Waals surface area contributed by atoms with Gasteiger partial charge in [-0.2, -0.15) is 17.5 Å². The number of hydrogen-bond acceptors (Lipinski definition) is 23. The highest BCUT2D eigenvalue weighted by Crippen LogP contribution is 2.47. The first kappa shape index (κ1) is 86.8. The summed E-state index contributed by atoms with van der Waals surface area (Å²) in [7, 11) is 1.68. The summed E-state index contributed by atoms with van der Waals surface area (Å²) < 4.78 is 96.1. The van der Waals surface area contributed by atoms with Crippen LogP contribution in [0.2, 0.25) is 0 Å². The third-order valence-corrected chi connectivity index (χ3v) is 28.5. The van der Waals surface area contributed by atoms with E-state index in [1.807, 2.05) is 118 Å². The number of aromatic nitrogens is 4. The summed E-state index contributed by atoms with van der Waals surface area (Å²) in [6.07, 6.45) is 4.90. The van der Waals surface area contributed by atoms with Crippen molar-refractivity contribution < 1.29 is 64.2 Å². The Bertz CT molecular complexity index is 5310. The first-order chi connectivity index (χ1) is 58.7. The van der Waals surface area contributed by atoms with Crippen molar-refractivity contribution in [3.63, 3.8) is 0 Å². The topological polar surface area (TPSA) is 283 Å². The fourth-order valence-electron chi connectivity index (χ4n) is 18.0. The number of likely N-dealkylation sites (N-methyl/N-ethyl adjacent to an activating group) is 3. The van der Waals surface area contributed by atoms with Crippen molar-refractivity contribution in [3.05, 3.63) is 213 Å². The van der Waals surface area contributed by atoms with Crippen LogP contribution in [-0.4, -0.2) is 247 Å². The van der Waals surface area contributed by atoms with Crippen LogP contribution in [0, 0.1) is 5.92 Å². The number of sulfonamides is 1. The van der Waals surface area contributed by atoms with Crippen molar-refractivity contribution >= 4 is 72.1 Å². The average Bonchev–Trinajstić information content (AvgIpc) is 1.62. The van der Waals surface area contributed by atoms with E-state index >= 15 is 0 Å². The molecule has 4 fully saturated rings. The van der Waals surface area contributed by atoms with Gasteiger partial charge in [0, 0.05) is 167 Å². The number of aryl methyl sites for hydroxylation is 1. The van der Waals surface area contributed by atoms with Gasteiger partial charge in [0.25, 0.3) is 27.7 Å². The molecule has 121 heavy (non-hydrogen) atoms. The highest BCUT2D eigenvalue weighted by molar-refractivity contribution is 7.94. The minimum absolute atomic E-state index is 0.0131. The highest BCUT2D eigenvalue weighted by atomic mass is 32.2. The number of carbonyl (C=O) groups is 3. The van der Waals surface area contributed by atoms with Gasteiger partial charge in [0.1, 0.15) is 4.21 Å². The Balaban J connectivity index is 0.000000149. The molecule has 7 aliphatic heterocycles. The Hall–Kier alpha value is -10.6. The number of anilines is 4. The lowest BCUT2D eigenvalue weighted by molar-refractivity contribution is 0.0657. The SMILES string of the molecule is CCN1CCN(c2cccc3c2CN(C(CC2CCN(S(=O)(=O)O)CC2)c2ccc(OC)c(OC)c2)C3=O)CC1.CCN1CCN(c2cccc3c2CN(C(c2cccc(NS(=O)(=O)c4cccs4)c2)c2ccc(OC)c(OC)c2)C3=O)CC1.CCN1CCN(c2cccc3c2CN([C@H](CCCn2ncnn2)c2ccc(OC)c(OC)c2)C3=O)CC1. The maximum absolute atomic E-state index is 14.2. The molecule has 32 heteroatoms. The quantitative estimate of drug-likeness (QED) is 0.0412. The molecule has 4 saturated heterocycles. The van der Waals surface area contributed by atoms with Crippen LogP contribution in [0.4, 0.5) is 22.7 Å². The van der Waals surface area contributed by atoms with Crippen molar-refractivity contribution in [2.45, 2.75) is 101 Å². The van der Waals surface area contributed by atoms with Crippen molar-refractivity contribution in [2.75, 3.05) is 173 Å². The zero-order valence-electron chi connectivity index (χ0n) is 70.4. The van der Waals surface area contributed by atoms with Gasteiger partial charge in [-0.05, 0) is 181 Å². The second-order valence-corrected chi connectivity index (χ2v) is 35.4. The lowest BCUT2D eigenvalue weighted by Gasteiger charge is -2.37. The molecule has 9 aromatic rings. The Morgan fingerprint density at radius 1 is 0.471 bits per heavy atom. The van der Waals surface area contributed by atoms with E-state index in [2.05, 4.69) is 88.5 Å². The molecule has 9 heterocycles. The summed E-state index contributed by atoms with van der Waals surface area (Å²) in [6, 6.07) is 45.2. The third-order valence-electron chi connectivity index (χ3n) is 24.7. The fourth-order valence-corrected chi connectivity index (χ4v) is 20.7. The maximum Gasteiger partial charge on any atom is 0.335 e. The Labute approximate surface area is 714 Å². The molecule has 3 amide bonds. The molecule has 644 valence electrons. The highest BCUT2D eigenvalue weighted by Gasteiger charge is 2.42. The summed E-state index contributed by atoms with van der Waals surface area (Å²) in [4.78, 5) is 64.0. The van der Waals surface area contributed by atoms with E-state index in [1.54, 1.807) is 77.1 Å². The number of methoxy groups -OCH3 is 6. The second-order valence-electron chi connectivity index (χ2n) is 31.1. The number of ether oxygens (including phenoxy) is 6. The molecule has 2 unspecified atom stereocenters. The lowest BCUT2D eigenvalue weighted by Crippen LogP contribution is -2.46. The Morgan fingerprint density at radius 3 is 1.32 bits per heavy atom. The molecule has 29 nitrogen and oxygen atoms in total. The molecule has 0 saturated carbocycles. The molecule has 0 aliphatic carbocycles. The van der Waals surface area contributed by atoms with Crippen LogP contribution < -0.4 is 47.8 Å². The van der Waals surface area contributed by atoms with Gasteiger partial charge < -0.3 is 72.5 Å². The lowest BCUT2D eigenvalue weighted by atomic mass is 9.87. The van der Waals surface area contributed by atoms with Crippen molar-refractivity contribution in [3.8, 4) is 34.5 Å². The molecule has 2 N–H and O–H groups in total. The van der Waals surface area contributed by atoms with Crippen LogP contribution in [-0.2, 0) is 46.5 Å². The number of piperidine rings is 1. The van der Waals surface area contributed by atoms with Crippen LogP contribution in [0.5, 0.6) is 34.5 Å². The summed E-state index contributed by atoms with van der Waals surface area (Å²) >= 11 is 1.16. The summed E-state index contributed by atoms with van der Waals surface area (Å²) in [5.74, 6) is 3.87. The molecule has 3 atom stereocenters. The monoisotopic (exact) mass is 1710 g/mol. The predicted octanol–water partition coefficient (Wildman–Crippen LogP) is 11.9. The van der Waals surface area contributed by atoms with Gasteiger partial charge >= 0.3 is 10.3 Å². The van der Waals surface area contributed by atoms with E-state index < -0.39 is 26.4 Å². The van der Waals surface area contributed by atoms with Gasteiger partial charge in [-0.3, -0.25) is 23.7 Å². The summed E-state index contributed by atoms with van der Waals surface area (Å²) in [5.41, 5.74) is 12.9. The second kappa shape index (κ2) is 39.1. The normalized spacial score (nSPS) is 17.6. The summed E-state index contributed by atoms with van der Waals surface area (Å²) in [5, 5.41) is 13.6. The largest absolute Gasteiger partial charge is 0.493 e. The van der Waals surface area contributed by atoms with Gasteiger partial charge in [0.05, 0.1) is 67.3 Å². The molecule has 0 bridgehead atoms. The van der Waals surface area contributed by atoms with Crippen molar-refractivity contribution in [1.82, 2.24) is 53.9 Å². The number of benzene rings is 7.